The van der Waals surface area contributed by atoms with Crippen molar-refractivity contribution in [1.82, 2.24) is 20.2 Å². The number of hydrogen-bond donors (Lipinski definition) is 0. The maximum absolute atomic E-state index is 14.0. The Morgan fingerprint density at radius 3 is 2.90 bits per heavy atom. The zero-order valence-electron chi connectivity index (χ0n) is 15.3. The zero-order valence-corrected chi connectivity index (χ0v) is 16.1. The second kappa shape index (κ2) is 8.19. The Morgan fingerprint density at radius 1 is 1.24 bits per heavy atom. The third-order valence-electron chi connectivity index (χ3n) is 3.92. The Balaban J connectivity index is 1.75. The molecule has 148 valence electrons. The number of benzene rings is 1. The molecule has 0 N–H and O–H groups in total. The standard InChI is InChI=1S/C18H14FN5O4S/c1-25-14-4-11(5-15-16(14)21-9-29-15)28-17(18-24-22-8-27-18)13-3-10(6-23-26-2)12(19)7-20-13/h3-9,17H,1-2H3/b23-6+. The van der Waals surface area contributed by atoms with Gasteiger partial charge >= 0.3 is 0 Å². The maximum Gasteiger partial charge on any atom is 0.263 e. The monoisotopic (exact) mass is 415 g/mol. The highest BCUT2D eigenvalue weighted by Crippen LogP contribution is 2.35. The van der Waals surface area contributed by atoms with Crippen LogP contribution >= 0.6 is 11.3 Å². The van der Waals surface area contributed by atoms with Gasteiger partial charge in [0.1, 0.15) is 29.9 Å². The number of ether oxygens (including phenoxy) is 2. The molecule has 3 heterocycles. The Kier molecular flexibility index (Phi) is 5.29. The predicted molar refractivity (Wildman–Crippen MR) is 102 cm³/mol. The van der Waals surface area contributed by atoms with Gasteiger partial charge in [0, 0.05) is 11.6 Å². The van der Waals surface area contributed by atoms with Crippen LogP contribution in [0.15, 0.2) is 45.9 Å². The lowest BCUT2D eigenvalue weighted by atomic mass is 10.1. The van der Waals surface area contributed by atoms with Gasteiger partial charge in [0.25, 0.3) is 5.89 Å². The summed E-state index contributed by atoms with van der Waals surface area (Å²) in [6.45, 7) is 0. The van der Waals surface area contributed by atoms with E-state index in [-0.39, 0.29) is 11.5 Å². The van der Waals surface area contributed by atoms with Crippen LogP contribution in [0.3, 0.4) is 0 Å². The van der Waals surface area contributed by atoms with Crippen molar-refractivity contribution in [1.29, 1.82) is 0 Å². The number of aromatic nitrogens is 4. The van der Waals surface area contributed by atoms with Crippen LogP contribution < -0.4 is 9.47 Å². The van der Waals surface area contributed by atoms with E-state index < -0.39 is 11.9 Å². The van der Waals surface area contributed by atoms with Gasteiger partial charge < -0.3 is 18.7 Å². The second-order valence-electron chi connectivity index (χ2n) is 5.65. The van der Waals surface area contributed by atoms with Gasteiger partial charge in [0.2, 0.25) is 12.5 Å². The van der Waals surface area contributed by atoms with E-state index >= 15 is 0 Å². The molecule has 0 aliphatic rings. The molecule has 11 heteroatoms. The number of pyridine rings is 1. The third-order valence-corrected chi connectivity index (χ3v) is 4.70. The van der Waals surface area contributed by atoms with Gasteiger partial charge in [-0.1, -0.05) is 5.16 Å². The molecule has 0 fully saturated rings. The summed E-state index contributed by atoms with van der Waals surface area (Å²) in [6.07, 6.45) is 2.59. The van der Waals surface area contributed by atoms with Gasteiger partial charge in [0.05, 0.1) is 35.4 Å². The maximum atomic E-state index is 14.0. The Labute approximate surface area is 167 Å². The number of rotatable bonds is 7. The average molecular weight is 415 g/mol. The second-order valence-corrected chi connectivity index (χ2v) is 6.53. The van der Waals surface area contributed by atoms with Crippen LogP contribution in [-0.4, -0.2) is 40.6 Å². The topological polar surface area (TPSA) is 105 Å². The smallest absolute Gasteiger partial charge is 0.263 e. The molecule has 0 aliphatic heterocycles. The van der Waals surface area contributed by atoms with Crippen LogP contribution in [0.1, 0.15) is 23.3 Å². The highest BCUT2D eigenvalue weighted by atomic mass is 32.1. The van der Waals surface area contributed by atoms with Gasteiger partial charge in [-0.25, -0.2) is 9.37 Å². The molecular weight excluding hydrogens is 401 g/mol. The van der Waals surface area contributed by atoms with E-state index in [0.29, 0.717) is 17.2 Å². The molecule has 29 heavy (non-hydrogen) atoms. The minimum Gasteiger partial charge on any atom is -0.494 e. The van der Waals surface area contributed by atoms with Crippen molar-refractivity contribution in [3.05, 3.63) is 59.3 Å². The summed E-state index contributed by atoms with van der Waals surface area (Å²) < 4.78 is 31.7. The summed E-state index contributed by atoms with van der Waals surface area (Å²) in [7, 11) is 2.92. The fourth-order valence-corrected chi connectivity index (χ4v) is 3.35. The van der Waals surface area contributed by atoms with Crippen LogP contribution in [0.5, 0.6) is 11.5 Å². The van der Waals surface area contributed by atoms with Crippen LogP contribution in [0.25, 0.3) is 10.2 Å². The van der Waals surface area contributed by atoms with Crippen molar-refractivity contribution < 1.29 is 23.1 Å². The van der Waals surface area contributed by atoms with Gasteiger partial charge in [0.15, 0.2) is 0 Å². The Hall–Kier alpha value is -3.60. The largest absolute Gasteiger partial charge is 0.494 e. The number of hydrogen-bond acceptors (Lipinski definition) is 10. The van der Waals surface area contributed by atoms with Crippen molar-refractivity contribution in [3.8, 4) is 11.5 Å². The molecule has 1 aromatic carbocycles. The fraction of sp³-hybridized carbons (Fsp3) is 0.167. The van der Waals surface area contributed by atoms with E-state index in [0.717, 1.165) is 16.4 Å². The first-order valence-corrected chi connectivity index (χ1v) is 9.13. The van der Waals surface area contributed by atoms with E-state index in [4.69, 9.17) is 13.9 Å². The van der Waals surface area contributed by atoms with Crippen molar-refractivity contribution in [2.75, 3.05) is 14.2 Å². The first-order chi connectivity index (χ1) is 14.2. The van der Waals surface area contributed by atoms with Gasteiger partial charge in [-0.15, -0.1) is 21.5 Å². The third kappa shape index (κ3) is 3.85. The minimum atomic E-state index is -0.886. The summed E-state index contributed by atoms with van der Waals surface area (Å²) in [6, 6.07) is 4.98. The van der Waals surface area contributed by atoms with E-state index in [1.165, 1.54) is 37.1 Å². The molecule has 1 unspecified atom stereocenters. The number of thiazole rings is 1. The van der Waals surface area contributed by atoms with E-state index in [1.54, 1.807) is 18.7 Å². The first-order valence-electron chi connectivity index (χ1n) is 8.25. The lowest BCUT2D eigenvalue weighted by Crippen LogP contribution is -2.13. The molecule has 1 atom stereocenters. The molecule has 0 amide bonds. The SMILES string of the molecule is CO/N=C/c1cc(C(Oc2cc(OC)c3ncsc3c2)c2nnco2)ncc1F. The molecule has 4 rings (SSSR count). The quantitative estimate of drug-likeness (QED) is 0.334. The molecular formula is C18H14FN5O4S. The number of halogens is 1. The lowest BCUT2D eigenvalue weighted by Gasteiger charge is -2.16. The van der Waals surface area contributed by atoms with Crippen molar-refractivity contribution in [3.63, 3.8) is 0 Å². The van der Waals surface area contributed by atoms with Crippen LogP contribution in [0.4, 0.5) is 4.39 Å². The van der Waals surface area contributed by atoms with Gasteiger partial charge in [-0.05, 0) is 12.1 Å². The average Bonchev–Trinajstić information content (AvgIpc) is 3.43. The summed E-state index contributed by atoms with van der Waals surface area (Å²) in [4.78, 5) is 13.0. The highest BCUT2D eigenvalue weighted by molar-refractivity contribution is 7.16. The lowest BCUT2D eigenvalue weighted by molar-refractivity contribution is 0.202. The van der Waals surface area contributed by atoms with Crippen LogP contribution in [-0.2, 0) is 4.84 Å². The summed E-state index contributed by atoms with van der Waals surface area (Å²) in [5.74, 6) is 0.622. The molecule has 0 radical (unpaired) electrons. The molecule has 0 spiro atoms. The van der Waals surface area contributed by atoms with E-state index in [9.17, 15) is 4.39 Å². The molecule has 9 nitrogen and oxygen atoms in total. The number of methoxy groups -OCH3 is 1. The van der Waals surface area contributed by atoms with Crippen molar-refractivity contribution in [2.45, 2.75) is 6.10 Å². The first kappa shape index (κ1) is 18.7. The Morgan fingerprint density at radius 2 is 2.14 bits per heavy atom. The molecule has 0 saturated heterocycles. The number of oxime groups is 1. The molecule has 4 aromatic rings. The summed E-state index contributed by atoms with van der Waals surface area (Å²) in [5.41, 5.74) is 2.96. The highest BCUT2D eigenvalue weighted by Gasteiger charge is 2.25. The van der Waals surface area contributed by atoms with Gasteiger partial charge in [-0.3, -0.25) is 4.98 Å². The normalized spacial score (nSPS) is 12.4. The minimum absolute atomic E-state index is 0.155. The van der Waals surface area contributed by atoms with E-state index in [2.05, 4.69) is 30.2 Å². The van der Waals surface area contributed by atoms with Crippen LogP contribution in [0, 0.1) is 5.82 Å². The summed E-state index contributed by atoms with van der Waals surface area (Å²) >= 11 is 1.45. The number of fused-ring (bicyclic) bond motifs is 1. The van der Waals surface area contributed by atoms with Crippen LogP contribution in [0.2, 0.25) is 0 Å². The van der Waals surface area contributed by atoms with Gasteiger partial charge in [-0.2, -0.15) is 0 Å². The van der Waals surface area contributed by atoms with Crippen molar-refractivity contribution >= 4 is 27.8 Å². The molecule has 0 aliphatic carbocycles. The Bertz CT molecular complexity index is 1150. The zero-order chi connectivity index (χ0) is 20.2. The molecule has 3 aromatic heterocycles. The molecule has 0 saturated carbocycles. The predicted octanol–water partition coefficient (Wildman–Crippen LogP) is 3.37. The fourth-order valence-electron chi connectivity index (χ4n) is 2.63. The van der Waals surface area contributed by atoms with E-state index in [1.807, 2.05) is 6.07 Å². The number of nitrogens with zero attached hydrogens (tertiary/aromatic N) is 5. The molecule has 0 bridgehead atoms. The summed E-state index contributed by atoms with van der Waals surface area (Å²) in [5, 5.41) is 11.2. The van der Waals surface area contributed by atoms with Crippen molar-refractivity contribution in [2.24, 2.45) is 5.16 Å².